The topological polar surface area (TPSA) is 69.2 Å². The maximum atomic E-state index is 11.5. The largest absolute Gasteiger partial charge is 0.386 e. The number of hydrogen-bond acceptors (Lipinski definition) is 5. The molecule has 0 aliphatic heterocycles. The summed E-state index contributed by atoms with van der Waals surface area (Å²) in [6, 6.07) is 6.22. The summed E-state index contributed by atoms with van der Waals surface area (Å²) in [5, 5.41) is 0. The van der Waals surface area contributed by atoms with Gasteiger partial charge in [-0.25, -0.2) is 9.59 Å². The number of carbonyl (C=O) groups is 2. The van der Waals surface area contributed by atoms with Crippen LogP contribution in [-0.4, -0.2) is 21.9 Å². The van der Waals surface area contributed by atoms with Gasteiger partial charge >= 0.3 is 11.9 Å². The summed E-state index contributed by atoms with van der Waals surface area (Å²) in [4.78, 5) is 30.6. The summed E-state index contributed by atoms with van der Waals surface area (Å²) < 4.78 is 4.66. The average molecular weight is 228 g/mol. The number of rotatable bonds is 2. The van der Waals surface area contributed by atoms with E-state index in [1.807, 2.05) is 0 Å². The van der Waals surface area contributed by atoms with Crippen molar-refractivity contribution in [2.45, 2.75) is 0 Å². The third kappa shape index (κ3) is 2.72. The van der Waals surface area contributed by atoms with Crippen LogP contribution in [0.5, 0.6) is 0 Å². The van der Waals surface area contributed by atoms with Crippen LogP contribution in [0.4, 0.5) is 0 Å². The predicted molar refractivity (Wildman–Crippen MR) is 58.2 cm³/mol. The molecule has 2 rings (SSSR count). The van der Waals surface area contributed by atoms with Gasteiger partial charge in [0.2, 0.25) is 0 Å². The first kappa shape index (κ1) is 10.9. The number of ether oxygens (including phenoxy) is 1. The van der Waals surface area contributed by atoms with Gasteiger partial charge < -0.3 is 4.74 Å². The van der Waals surface area contributed by atoms with Gasteiger partial charge in [-0.3, -0.25) is 9.97 Å². The van der Waals surface area contributed by atoms with E-state index in [2.05, 4.69) is 14.7 Å². The molecule has 0 fully saturated rings. The fourth-order valence-corrected chi connectivity index (χ4v) is 1.17. The van der Waals surface area contributed by atoms with Crippen molar-refractivity contribution in [3.05, 3.63) is 60.2 Å². The van der Waals surface area contributed by atoms with Gasteiger partial charge in [0.15, 0.2) is 0 Å². The number of esters is 2. The highest BCUT2D eigenvalue weighted by atomic mass is 16.6. The Balaban J connectivity index is 2.08. The first-order valence-corrected chi connectivity index (χ1v) is 4.84. The molecule has 0 bridgehead atoms. The minimum absolute atomic E-state index is 0.227. The third-order valence-corrected chi connectivity index (χ3v) is 1.98. The normalized spacial score (nSPS) is 9.65. The second-order valence-electron chi connectivity index (χ2n) is 3.16. The van der Waals surface area contributed by atoms with Crippen LogP contribution >= 0.6 is 0 Å². The molecular weight excluding hydrogens is 220 g/mol. The van der Waals surface area contributed by atoms with E-state index in [-0.39, 0.29) is 11.1 Å². The van der Waals surface area contributed by atoms with Crippen molar-refractivity contribution >= 4 is 11.9 Å². The summed E-state index contributed by atoms with van der Waals surface area (Å²) in [5.41, 5.74) is 0.453. The van der Waals surface area contributed by atoms with Gasteiger partial charge in [-0.2, -0.15) is 0 Å². The maximum Gasteiger partial charge on any atom is 0.347 e. The minimum Gasteiger partial charge on any atom is -0.386 e. The molecule has 2 heterocycles. The lowest BCUT2D eigenvalue weighted by atomic mass is 10.3. The van der Waals surface area contributed by atoms with Crippen LogP contribution in [0, 0.1) is 0 Å². The summed E-state index contributed by atoms with van der Waals surface area (Å²) >= 11 is 0. The van der Waals surface area contributed by atoms with Crippen molar-refractivity contribution in [3.8, 4) is 0 Å². The molecule has 0 atom stereocenters. The molecular formula is C12H8N2O3. The molecule has 0 aliphatic rings. The molecule has 2 aromatic rings. The number of carbonyl (C=O) groups excluding carboxylic acids is 2. The lowest BCUT2D eigenvalue weighted by Crippen LogP contribution is -2.13. The fraction of sp³-hybridized carbons (Fsp3) is 0. The average Bonchev–Trinajstić information content (AvgIpc) is 2.40. The van der Waals surface area contributed by atoms with E-state index in [1.54, 1.807) is 12.1 Å². The minimum atomic E-state index is -0.730. The molecule has 0 saturated carbocycles. The van der Waals surface area contributed by atoms with Crippen LogP contribution in [0.1, 0.15) is 20.7 Å². The van der Waals surface area contributed by atoms with E-state index in [0.29, 0.717) is 0 Å². The molecule has 0 saturated heterocycles. The molecule has 0 radical (unpaired) electrons. The molecule has 84 valence electrons. The Kier molecular flexibility index (Phi) is 3.20. The van der Waals surface area contributed by atoms with Gasteiger partial charge in [0.05, 0.1) is 11.1 Å². The molecule has 5 heteroatoms. The van der Waals surface area contributed by atoms with Crippen LogP contribution in [0.2, 0.25) is 0 Å². The molecule has 2 aromatic heterocycles. The second kappa shape index (κ2) is 4.98. The number of nitrogens with zero attached hydrogens (tertiary/aromatic N) is 2. The van der Waals surface area contributed by atoms with Gasteiger partial charge in [-0.1, -0.05) is 0 Å². The Morgan fingerprint density at radius 1 is 0.882 bits per heavy atom. The highest BCUT2D eigenvalue weighted by Crippen LogP contribution is 2.04. The Labute approximate surface area is 97.1 Å². The molecule has 0 aromatic carbocycles. The Morgan fingerprint density at radius 2 is 1.35 bits per heavy atom. The third-order valence-electron chi connectivity index (χ3n) is 1.98. The van der Waals surface area contributed by atoms with Crippen molar-refractivity contribution < 1.29 is 14.3 Å². The lowest BCUT2D eigenvalue weighted by Gasteiger charge is -2.01. The van der Waals surface area contributed by atoms with E-state index < -0.39 is 11.9 Å². The molecule has 0 amide bonds. The zero-order valence-electron chi connectivity index (χ0n) is 8.74. The first-order valence-electron chi connectivity index (χ1n) is 4.84. The highest BCUT2D eigenvalue weighted by molar-refractivity contribution is 6.02. The van der Waals surface area contributed by atoms with Crippen molar-refractivity contribution in [2.24, 2.45) is 0 Å². The van der Waals surface area contributed by atoms with Crippen LogP contribution in [0.25, 0.3) is 0 Å². The van der Waals surface area contributed by atoms with E-state index in [9.17, 15) is 9.59 Å². The molecule has 0 spiro atoms. The summed E-state index contributed by atoms with van der Waals surface area (Å²) in [6.07, 6.45) is 5.72. The number of hydrogen-bond donors (Lipinski definition) is 0. The maximum absolute atomic E-state index is 11.5. The Morgan fingerprint density at radius 3 is 1.71 bits per heavy atom. The highest BCUT2D eigenvalue weighted by Gasteiger charge is 2.14. The van der Waals surface area contributed by atoms with Crippen molar-refractivity contribution in [1.82, 2.24) is 9.97 Å². The number of aromatic nitrogens is 2. The van der Waals surface area contributed by atoms with Gasteiger partial charge in [0.1, 0.15) is 0 Å². The quantitative estimate of drug-likeness (QED) is 0.575. The van der Waals surface area contributed by atoms with Crippen LogP contribution in [0.15, 0.2) is 49.1 Å². The van der Waals surface area contributed by atoms with Crippen LogP contribution < -0.4 is 0 Å². The Bertz CT molecular complexity index is 476. The zero-order valence-corrected chi connectivity index (χ0v) is 8.74. The predicted octanol–water partition coefficient (Wildman–Crippen LogP) is 1.47. The van der Waals surface area contributed by atoms with E-state index in [4.69, 9.17) is 0 Å². The summed E-state index contributed by atoms with van der Waals surface area (Å²) in [6.45, 7) is 0. The van der Waals surface area contributed by atoms with Crippen molar-refractivity contribution in [1.29, 1.82) is 0 Å². The van der Waals surface area contributed by atoms with Gasteiger partial charge in [-0.15, -0.1) is 0 Å². The standard InChI is InChI=1S/C12H8N2O3/c15-11(9-3-1-5-13-7-9)17-12(16)10-4-2-6-14-8-10/h1-8H. The Hall–Kier alpha value is -2.56. The van der Waals surface area contributed by atoms with E-state index >= 15 is 0 Å². The van der Waals surface area contributed by atoms with Crippen molar-refractivity contribution in [2.75, 3.05) is 0 Å². The summed E-state index contributed by atoms with van der Waals surface area (Å²) in [7, 11) is 0. The van der Waals surface area contributed by atoms with E-state index in [0.717, 1.165) is 0 Å². The summed E-state index contributed by atoms with van der Waals surface area (Å²) in [5.74, 6) is -1.46. The van der Waals surface area contributed by atoms with Crippen LogP contribution in [-0.2, 0) is 4.74 Å². The smallest absolute Gasteiger partial charge is 0.347 e. The van der Waals surface area contributed by atoms with Crippen LogP contribution in [0.3, 0.4) is 0 Å². The van der Waals surface area contributed by atoms with Gasteiger partial charge in [-0.05, 0) is 24.3 Å². The van der Waals surface area contributed by atoms with Crippen molar-refractivity contribution in [3.63, 3.8) is 0 Å². The zero-order chi connectivity index (χ0) is 12.1. The molecule has 5 nitrogen and oxygen atoms in total. The molecule has 0 N–H and O–H groups in total. The SMILES string of the molecule is O=C(OC(=O)c1cccnc1)c1cccnc1. The molecule has 17 heavy (non-hydrogen) atoms. The molecule has 0 unspecified atom stereocenters. The molecule has 0 aliphatic carbocycles. The number of pyridine rings is 2. The first-order chi connectivity index (χ1) is 8.27. The second-order valence-corrected chi connectivity index (χ2v) is 3.16. The lowest BCUT2D eigenvalue weighted by molar-refractivity contribution is 0.0397. The van der Waals surface area contributed by atoms with Gasteiger partial charge in [0.25, 0.3) is 0 Å². The van der Waals surface area contributed by atoms with Gasteiger partial charge in [0, 0.05) is 24.8 Å². The fourth-order valence-electron chi connectivity index (χ4n) is 1.17. The van der Waals surface area contributed by atoms with E-state index in [1.165, 1.54) is 36.9 Å². The monoisotopic (exact) mass is 228 g/mol.